The fourth-order valence-electron chi connectivity index (χ4n) is 14.0. The second kappa shape index (κ2) is 48.8. The quantitative estimate of drug-likeness (QED) is 0.0110. The van der Waals surface area contributed by atoms with Crippen LogP contribution in [0.1, 0.15) is 147 Å². The number of halogens is 1. The summed E-state index contributed by atoms with van der Waals surface area (Å²) in [7, 11) is 0. The van der Waals surface area contributed by atoms with E-state index in [1.54, 1.807) is 273 Å². The third kappa shape index (κ3) is 26.0. The Bertz CT molecular complexity index is 6640. The number of phenols is 8. The summed E-state index contributed by atoms with van der Waals surface area (Å²) in [6.45, 7) is 11.9. The fourth-order valence-corrected chi connectivity index (χ4v) is 14.2. The van der Waals surface area contributed by atoms with E-state index in [4.69, 9.17) is 30.5 Å². The Hall–Kier alpha value is -16.8. The number of hydrogen-bond acceptors (Lipinski definition) is 28. The van der Waals surface area contributed by atoms with Gasteiger partial charge in [0.25, 0.3) is 0 Å². The summed E-state index contributed by atoms with van der Waals surface area (Å²) in [6, 6.07) is 79.2. The summed E-state index contributed by atoms with van der Waals surface area (Å²) in [6.07, 6.45) is 10.9. The zero-order valence-electron chi connectivity index (χ0n) is 76.4. The van der Waals surface area contributed by atoms with Crippen molar-refractivity contribution in [2.24, 2.45) is 5.92 Å². The highest BCUT2D eigenvalue weighted by atomic mass is 35.5. The first-order valence-corrected chi connectivity index (χ1v) is 45.6. The molecule has 1 atom stereocenters. The molecule has 0 aliphatic heterocycles. The molecular formula is C109H101ClN12O16. The smallest absolute Gasteiger partial charge is 0.339 e. The second-order valence-electron chi connectivity index (χ2n) is 31.6. The molecule has 0 bridgehead atoms. The lowest BCUT2D eigenvalue weighted by Crippen LogP contribution is -2.14. The van der Waals surface area contributed by atoms with Gasteiger partial charge in [-0.25, -0.2) is 79.0 Å². The molecule has 0 spiro atoms. The lowest BCUT2D eigenvalue weighted by Gasteiger charge is -2.14. The van der Waals surface area contributed by atoms with Crippen LogP contribution in [-0.4, -0.2) is 151 Å². The molecule has 0 saturated heterocycles. The number of nitrogens with zero attached hydrogens (tertiary/aromatic N) is 12. The number of hydrogen-bond donors (Lipinski definition) is 8. The van der Waals surface area contributed by atoms with E-state index < -0.39 is 5.97 Å². The van der Waals surface area contributed by atoms with Crippen LogP contribution >= 0.6 is 11.6 Å². The predicted octanol–water partition coefficient (Wildman–Crippen LogP) is 23.4. The maximum atomic E-state index is 12.6. The van der Waals surface area contributed by atoms with Crippen molar-refractivity contribution in [1.29, 1.82) is 0 Å². The van der Waals surface area contributed by atoms with Crippen LogP contribution in [0.25, 0.3) is 137 Å². The van der Waals surface area contributed by atoms with Gasteiger partial charge in [-0.2, -0.15) is 0 Å². The molecule has 0 radical (unpaired) electrons. The maximum Gasteiger partial charge on any atom is 0.339 e. The number of benzene rings is 12. The summed E-state index contributed by atoms with van der Waals surface area (Å²) >= 11 is 6.37. The van der Waals surface area contributed by atoms with Gasteiger partial charge in [0, 0.05) is 22.3 Å². The van der Waals surface area contributed by atoms with Crippen molar-refractivity contribution in [3.8, 4) is 183 Å². The van der Waals surface area contributed by atoms with Crippen molar-refractivity contribution in [3.05, 3.63) is 312 Å². The van der Waals surface area contributed by atoms with Crippen LogP contribution in [0.15, 0.2) is 285 Å². The van der Waals surface area contributed by atoms with Gasteiger partial charge in [0.15, 0.2) is 69.9 Å². The number of carbonyl (C=O) groups is 4. The number of aromatic nitrogens is 12. The predicted molar refractivity (Wildman–Crippen MR) is 527 cm³/mol. The highest BCUT2D eigenvalue weighted by Gasteiger charge is 2.25. The highest BCUT2D eigenvalue weighted by molar-refractivity contribution is 6.34. The minimum absolute atomic E-state index is 0.00457. The zero-order valence-corrected chi connectivity index (χ0v) is 77.2. The van der Waals surface area contributed by atoms with Crippen LogP contribution in [0, 0.1) is 5.92 Å². The average molecular weight is 1870 g/mol. The third-order valence-electron chi connectivity index (χ3n) is 21.7. The molecule has 16 aromatic rings. The molecule has 4 aromatic heterocycles. The molecule has 12 aromatic carbocycles. The van der Waals surface area contributed by atoms with Crippen LogP contribution in [0.4, 0.5) is 0 Å². The lowest BCUT2D eigenvalue weighted by atomic mass is 10.0. The zero-order chi connectivity index (χ0) is 97.4. The monoisotopic (exact) mass is 1870 g/mol. The van der Waals surface area contributed by atoms with Gasteiger partial charge >= 0.3 is 23.9 Å². The topological polar surface area (TPSA) is 422 Å². The fraction of sp³-hybridized carbons (Fsp3) is 0.193. The van der Waals surface area contributed by atoms with Crippen LogP contribution in [0.5, 0.6) is 46.0 Å². The number of carbonyl (C=O) groups excluding carboxylic acids is 4. The van der Waals surface area contributed by atoms with E-state index in [9.17, 15) is 60.0 Å². The molecule has 0 fully saturated rings. The first-order valence-electron chi connectivity index (χ1n) is 45.2. The molecule has 28 nitrogen and oxygen atoms in total. The molecule has 138 heavy (non-hydrogen) atoms. The molecule has 29 heteroatoms. The molecule has 700 valence electrons. The normalized spacial score (nSPS) is 11.0. The largest absolute Gasteiger partial charge is 0.507 e. The second-order valence-corrected chi connectivity index (χ2v) is 32.0. The number of esters is 4. The van der Waals surface area contributed by atoms with Crippen LogP contribution in [-0.2, 0) is 18.9 Å². The average Bonchev–Trinajstić information content (AvgIpc) is 0.811. The van der Waals surface area contributed by atoms with Crippen molar-refractivity contribution in [2.45, 2.75) is 105 Å². The van der Waals surface area contributed by atoms with Gasteiger partial charge in [-0.1, -0.05) is 231 Å². The van der Waals surface area contributed by atoms with Gasteiger partial charge in [-0.15, -0.1) is 0 Å². The number of phenolic OH excluding ortho intramolecular Hbond substituents is 8. The van der Waals surface area contributed by atoms with Gasteiger partial charge in [0.2, 0.25) is 0 Å². The summed E-state index contributed by atoms with van der Waals surface area (Å²) in [5, 5.41) is 83.0. The molecule has 0 aliphatic rings. The van der Waals surface area contributed by atoms with Gasteiger partial charge in [0.05, 0.1) is 98.2 Å². The van der Waals surface area contributed by atoms with Crippen LogP contribution in [0.2, 0.25) is 5.02 Å². The molecule has 4 heterocycles. The van der Waals surface area contributed by atoms with Gasteiger partial charge in [-0.3, -0.25) is 0 Å². The first-order chi connectivity index (χ1) is 67.1. The molecule has 0 aliphatic carbocycles. The maximum absolute atomic E-state index is 12.6. The first kappa shape index (κ1) is 98.7. The molecule has 0 amide bonds. The minimum atomic E-state index is -0.506. The molecule has 0 saturated carbocycles. The highest BCUT2D eigenvalue weighted by Crippen LogP contribution is 2.40. The van der Waals surface area contributed by atoms with Crippen molar-refractivity contribution >= 4 is 35.5 Å². The van der Waals surface area contributed by atoms with E-state index in [0.717, 1.165) is 64.2 Å². The summed E-state index contributed by atoms with van der Waals surface area (Å²) in [5.74, 6) is 2.28. The van der Waals surface area contributed by atoms with E-state index in [-0.39, 0.29) is 127 Å². The number of unbranched alkanes of at least 4 members (excludes halogenated alkanes) is 5. The summed E-state index contributed by atoms with van der Waals surface area (Å²) in [5.41, 5.74) is 7.51. The van der Waals surface area contributed by atoms with Crippen molar-refractivity contribution in [1.82, 2.24) is 59.8 Å². The van der Waals surface area contributed by atoms with Crippen molar-refractivity contribution in [2.75, 3.05) is 26.4 Å². The SMILES string of the molecule is CCCCC(CC)COC(=O)c1ccc(-c2nc(-c3ccccc3O)nc(-c3ccccc3O)n2)cc1.CCCCCCOC(=O)c1ccc(-c2nc(-c3ccccc3O)nc(-c3ccccc3O)n2)cc1.CCCCOC(=O)c1ccc(-c2nc(-c3ccccc3O)nc(-c3ccccc3O)n2)cc1.CCCOC(=O)c1ccc(-c2nc(-c3ccccc3O)nc(-c3ccccc3O)n2)cc1Cl. The van der Waals surface area contributed by atoms with Gasteiger partial charge in [-0.05, 0) is 177 Å². The van der Waals surface area contributed by atoms with Crippen molar-refractivity contribution in [3.63, 3.8) is 0 Å². The Balaban J connectivity index is 0.000000155. The van der Waals surface area contributed by atoms with Gasteiger partial charge < -0.3 is 59.8 Å². The Kier molecular flexibility index (Phi) is 34.9. The number of para-hydroxylation sites is 8. The standard InChI is InChI=1S/C30H31N3O4.C28H27N3O4.C26H23N3O4.C25H20ClN3O4/c1-3-5-10-20(4-2)19-37-30(36)22-17-15-21(16-18-22)27-31-28(23-11-6-8-13-25(23)34)33-29(32-27)24-12-7-9-14-26(24)35;1-2-3-4-9-18-35-28(34)20-16-14-19(15-17-20)25-29-26(21-10-5-7-12-23(21)32)31-27(30-25)22-11-6-8-13-24(22)33;1-2-3-16-33-26(32)18-14-12-17(13-15-18)23-27-24(19-8-4-6-10-21(19)30)29-25(28-23)20-9-5-7-11-22(20)31;1-2-13-33-25(32)16-12-11-15(14-19(16)26)22-27-23(17-7-3-5-9-20(17)30)29-24(28-22)18-8-4-6-10-21(18)31/h6-9,11-18,20,34-35H,3-5,10,19H2,1-2H3;5-8,10-17,32-33H,2-4,9,18H2,1H3;4-15,30-31H,2-3,16H2,1H3;3-12,14,30-31H,2,13H2,1H3. The van der Waals surface area contributed by atoms with Crippen LogP contribution in [0.3, 0.4) is 0 Å². The Morgan fingerprint density at radius 3 is 0.761 bits per heavy atom. The van der Waals surface area contributed by atoms with E-state index in [1.807, 2.05) is 13.8 Å². The Morgan fingerprint density at radius 2 is 0.500 bits per heavy atom. The van der Waals surface area contributed by atoms with E-state index in [2.05, 4.69) is 80.6 Å². The molecule has 16 rings (SSSR count). The summed E-state index contributed by atoms with van der Waals surface area (Å²) < 4.78 is 21.4. The Morgan fingerprint density at radius 1 is 0.254 bits per heavy atom. The number of aromatic hydroxyl groups is 8. The number of rotatable bonds is 32. The van der Waals surface area contributed by atoms with Crippen LogP contribution < -0.4 is 0 Å². The molecule has 8 N–H and O–H groups in total. The van der Waals surface area contributed by atoms with Gasteiger partial charge in [0.1, 0.15) is 46.0 Å². The molecular weight excluding hydrogens is 1770 g/mol. The Labute approximate surface area is 802 Å². The third-order valence-corrected chi connectivity index (χ3v) is 22.0. The minimum Gasteiger partial charge on any atom is -0.507 e. The molecule has 1 unspecified atom stereocenters. The number of ether oxygens (including phenoxy) is 4. The van der Waals surface area contributed by atoms with E-state index >= 15 is 0 Å². The lowest BCUT2D eigenvalue weighted by molar-refractivity contribution is 0.0425. The van der Waals surface area contributed by atoms with E-state index in [0.29, 0.717) is 140 Å². The van der Waals surface area contributed by atoms with Crippen molar-refractivity contribution < 1.29 is 79.0 Å². The summed E-state index contributed by atoms with van der Waals surface area (Å²) in [4.78, 5) is 104. The van der Waals surface area contributed by atoms with E-state index in [1.165, 1.54) is 12.1 Å².